The number of hydrogen-bond donors (Lipinski definition) is 2. The molecule has 0 aliphatic heterocycles. The van der Waals surface area contributed by atoms with Gasteiger partial charge in [-0.05, 0) is 0 Å². The molecule has 0 aromatic rings. The van der Waals surface area contributed by atoms with Crippen molar-refractivity contribution in [3.05, 3.63) is 0 Å². The fourth-order valence-electron chi connectivity index (χ4n) is 0.321. The zero-order chi connectivity index (χ0) is 10.9. The molecule has 6 heteroatoms. The molecule has 0 unspecified atom stereocenters. The number of carboxylic acid groups (broad SMARTS) is 1. The molecule has 6 nitrogen and oxygen atoms in total. The molecule has 84 valence electrons. The van der Waals surface area contributed by atoms with Crippen molar-refractivity contribution in [2.75, 3.05) is 13.7 Å². The fourth-order valence-corrected chi connectivity index (χ4v) is 0.321. The molecular weight excluding hydrogens is 190 g/mol. The smallest absolute Gasteiger partial charge is 0.396 e. The van der Waals surface area contributed by atoms with Gasteiger partial charge in [0, 0.05) is 0 Å². The van der Waals surface area contributed by atoms with E-state index in [1.165, 1.54) is 0 Å². The van der Waals surface area contributed by atoms with Gasteiger partial charge >= 0.3 is 17.8 Å². The van der Waals surface area contributed by atoms with E-state index >= 15 is 0 Å². The number of ether oxygens (including phenoxy) is 1. The lowest BCUT2D eigenvalue weighted by Gasteiger charge is -1.97. The summed E-state index contributed by atoms with van der Waals surface area (Å²) in [4.78, 5) is 30.6. The maximum Gasteiger partial charge on any atom is 0.396 e. The average Bonchev–Trinajstić information content (AvgIpc) is 2.16. The Morgan fingerprint density at radius 3 is 2.00 bits per heavy atom. The fraction of sp³-hybridized carbons (Fsp3) is 0.625. The maximum absolute atomic E-state index is 10.4. The van der Waals surface area contributed by atoms with Gasteiger partial charge in [0.2, 0.25) is 0 Å². The molecule has 14 heavy (non-hydrogen) atoms. The van der Waals surface area contributed by atoms with Gasteiger partial charge in [0.15, 0.2) is 0 Å². The van der Waals surface area contributed by atoms with E-state index in [-0.39, 0.29) is 7.43 Å². The number of amides is 1. The van der Waals surface area contributed by atoms with Crippen LogP contribution in [-0.2, 0) is 19.1 Å². The highest BCUT2D eigenvalue weighted by atomic mass is 16.5. The Bertz CT molecular complexity index is 190. The number of nitrogens with one attached hydrogen (secondary N) is 1. The van der Waals surface area contributed by atoms with Crippen LogP contribution in [0.15, 0.2) is 0 Å². The SMILES string of the molecule is C.CC.COC(=O)C(=O)NCC(=O)O. The normalized spacial score (nSPS) is 7.07. The van der Waals surface area contributed by atoms with Crippen LogP contribution in [-0.4, -0.2) is 36.6 Å². The predicted octanol–water partition coefficient (Wildman–Crippen LogP) is 0.0225. The van der Waals surface area contributed by atoms with Gasteiger partial charge in [-0.15, -0.1) is 0 Å². The monoisotopic (exact) mass is 207 g/mol. The number of aliphatic carboxylic acids is 1. The minimum atomic E-state index is -1.22. The van der Waals surface area contributed by atoms with Crippen molar-refractivity contribution in [3.63, 3.8) is 0 Å². The molecule has 0 rings (SSSR count). The van der Waals surface area contributed by atoms with Crippen molar-refractivity contribution >= 4 is 17.8 Å². The largest absolute Gasteiger partial charge is 0.480 e. The van der Waals surface area contributed by atoms with Gasteiger partial charge in [-0.3, -0.25) is 9.59 Å². The second-order valence-corrected chi connectivity index (χ2v) is 1.57. The molecule has 0 aliphatic carbocycles. The Kier molecular flexibility index (Phi) is 14.9. The third-order valence-corrected chi connectivity index (χ3v) is 0.771. The van der Waals surface area contributed by atoms with Crippen LogP contribution in [0, 0.1) is 0 Å². The third-order valence-electron chi connectivity index (χ3n) is 0.771. The molecule has 1 amide bonds. The quantitative estimate of drug-likeness (QED) is 0.492. The predicted molar refractivity (Wildman–Crippen MR) is 50.7 cm³/mol. The molecule has 0 atom stereocenters. The molecule has 2 N–H and O–H groups in total. The lowest BCUT2D eigenvalue weighted by atomic mass is 10.5. The lowest BCUT2D eigenvalue weighted by molar-refractivity contribution is -0.153. The van der Waals surface area contributed by atoms with Crippen LogP contribution in [0.4, 0.5) is 0 Å². The van der Waals surface area contributed by atoms with Gasteiger partial charge in [-0.25, -0.2) is 4.79 Å². The lowest BCUT2D eigenvalue weighted by Crippen LogP contribution is -2.35. The van der Waals surface area contributed by atoms with Gasteiger partial charge in [0.1, 0.15) is 6.54 Å². The molecule has 0 aromatic heterocycles. The van der Waals surface area contributed by atoms with Gasteiger partial charge < -0.3 is 15.2 Å². The third kappa shape index (κ3) is 10.4. The Morgan fingerprint density at radius 2 is 1.71 bits per heavy atom. The van der Waals surface area contributed by atoms with Crippen LogP contribution in [0.5, 0.6) is 0 Å². The number of methoxy groups -OCH3 is 1. The van der Waals surface area contributed by atoms with Crippen LogP contribution in [0.3, 0.4) is 0 Å². The van der Waals surface area contributed by atoms with E-state index in [9.17, 15) is 14.4 Å². The molecule has 0 fully saturated rings. The minimum Gasteiger partial charge on any atom is -0.480 e. The van der Waals surface area contributed by atoms with Gasteiger partial charge in [0.25, 0.3) is 0 Å². The molecule has 0 spiro atoms. The molecule has 0 bridgehead atoms. The highest BCUT2D eigenvalue weighted by Gasteiger charge is 2.13. The van der Waals surface area contributed by atoms with Crippen LogP contribution in [0.1, 0.15) is 21.3 Å². The van der Waals surface area contributed by atoms with Gasteiger partial charge in [-0.1, -0.05) is 21.3 Å². The van der Waals surface area contributed by atoms with Crippen molar-refractivity contribution in [3.8, 4) is 0 Å². The summed E-state index contributed by atoms with van der Waals surface area (Å²) in [5.41, 5.74) is 0. The Hall–Kier alpha value is -1.59. The molecule has 0 aliphatic rings. The Labute approximate surface area is 83.2 Å². The average molecular weight is 207 g/mol. The number of esters is 1. The van der Waals surface area contributed by atoms with Crippen LogP contribution >= 0.6 is 0 Å². The standard InChI is InChI=1S/C5H7NO5.C2H6.CH4/c1-11-5(10)4(9)6-2-3(7)8;1-2;/h2H2,1H3,(H,6,9)(H,7,8);1-2H3;1H4. The van der Waals surface area contributed by atoms with Crippen LogP contribution < -0.4 is 5.32 Å². The summed E-state index contributed by atoms with van der Waals surface area (Å²) in [6, 6.07) is 0. The first-order valence-corrected chi connectivity index (χ1v) is 3.66. The van der Waals surface area contributed by atoms with E-state index < -0.39 is 24.4 Å². The highest BCUT2D eigenvalue weighted by Crippen LogP contribution is 1.72. The molecule has 0 aromatic carbocycles. The second-order valence-electron chi connectivity index (χ2n) is 1.57. The molecular formula is C8H17NO5. The van der Waals surface area contributed by atoms with Crippen molar-refractivity contribution in [1.29, 1.82) is 0 Å². The number of carboxylic acids is 1. The topological polar surface area (TPSA) is 92.7 Å². The molecule has 0 radical (unpaired) electrons. The summed E-state index contributed by atoms with van der Waals surface area (Å²) in [7, 11) is 1.03. The van der Waals surface area contributed by atoms with Crippen LogP contribution in [0.2, 0.25) is 0 Å². The van der Waals surface area contributed by atoms with E-state index in [1.54, 1.807) is 0 Å². The minimum absolute atomic E-state index is 0. The second kappa shape index (κ2) is 11.4. The van der Waals surface area contributed by atoms with E-state index in [2.05, 4.69) is 4.74 Å². The molecule has 0 heterocycles. The first kappa shape index (κ1) is 18.2. The number of hydrogen-bond acceptors (Lipinski definition) is 4. The zero-order valence-electron chi connectivity index (χ0n) is 7.79. The van der Waals surface area contributed by atoms with Crippen LogP contribution in [0.25, 0.3) is 0 Å². The summed E-state index contributed by atoms with van der Waals surface area (Å²) in [6.07, 6.45) is 0. The summed E-state index contributed by atoms with van der Waals surface area (Å²) in [5.74, 6) is -3.39. The van der Waals surface area contributed by atoms with Crippen molar-refractivity contribution < 1.29 is 24.2 Å². The number of rotatable bonds is 2. The van der Waals surface area contributed by atoms with Crippen molar-refractivity contribution in [1.82, 2.24) is 5.32 Å². The summed E-state index contributed by atoms with van der Waals surface area (Å²) in [6.45, 7) is 3.41. The Morgan fingerprint density at radius 1 is 1.29 bits per heavy atom. The van der Waals surface area contributed by atoms with E-state index in [4.69, 9.17) is 5.11 Å². The molecule has 0 saturated carbocycles. The van der Waals surface area contributed by atoms with E-state index in [0.29, 0.717) is 0 Å². The summed E-state index contributed by atoms with van der Waals surface area (Å²) < 4.78 is 4.00. The summed E-state index contributed by atoms with van der Waals surface area (Å²) in [5, 5.41) is 9.87. The zero-order valence-corrected chi connectivity index (χ0v) is 7.79. The number of carbonyl (C=O) groups is 3. The van der Waals surface area contributed by atoms with Gasteiger partial charge in [-0.2, -0.15) is 0 Å². The first-order valence-electron chi connectivity index (χ1n) is 3.66. The Balaban J connectivity index is -0.000000376. The van der Waals surface area contributed by atoms with Crippen molar-refractivity contribution in [2.45, 2.75) is 21.3 Å². The van der Waals surface area contributed by atoms with Gasteiger partial charge in [0.05, 0.1) is 7.11 Å². The van der Waals surface area contributed by atoms with E-state index in [1.807, 2.05) is 19.2 Å². The molecule has 0 saturated heterocycles. The number of carbonyl (C=O) groups excluding carboxylic acids is 2. The summed E-state index contributed by atoms with van der Waals surface area (Å²) >= 11 is 0. The maximum atomic E-state index is 10.4. The highest BCUT2D eigenvalue weighted by molar-refractivity contribution is 6.32. The first-order chi connectivity index (χ1) is 6.07. The van der Waals surface area contributed by atoms with Crippen molar-refractivity contribution in [2.24, 2.45) is 0 Å². The van der Waals surface area contributed by atoms with E-state index in [0.717, 1.165) is 7.11 Å².